The van der Waals surface area contributed by atoms with Crippen molar-refractivity contribution in [1.82, 2.24) is 0 Å². The lowest BCUT2D eigenvalue weighted by molar-refractivity contribution is 0.282. The summed E-state index contributed by atoms with van der Waals surface area (Å²) < 4.78 is 0. The summed E-state index contributed by atoms with van der Waals surface area (Å²) in [5.41, 5.74) is 5.95. The molecule has 1 nitrogen and oxygen atoms in total. The minimum Gasteiger partial charge on any atom is -0.330 e. The van der Waals surface area contributed by atoms with Gasteiger partial charge in [-0.05, 0) is 24.3 Å². The Hall–Kier alpha value is -0.0400. The molecule has 0 saturated heterocycles. The standard InChI is InChI=1S/C9H21N/c1-5-8(2)6-9(3,4)7-10/h8H,5-7,10H2,1-4H3. The molecule has 0 bridgehead atoms. The van der Waals surface area contributed by atoms with Crippen molar-refractivity contribution in [3.63, 3.8) is 0 Å². The molecule has 0 aromatic carbocycles. The van der Waals surface area contributed by atoms with Crippen molar-refractivity contribution in [3.8, 4) is 0 Å². The van der Waals surface area contributed by atoms with Gasteiger partial charge < -0.3 is 5.73 Å². The zero-order chi connectivity index (χ0) is 8.20. The first-order chi connectivity index (χ1) is 4.52. The molecule has 0 aliphatic rings. The Balaban J connectivity index is 3.64. The second kappa shape index (κ2) is 3.97. The molecule has 0 amide bonds. The van der Waals surface area contributed by atoms with Gasteiger partial charge in [-0.3, -0.25) is 0 Å². The van der Waals surface area contributed by atoms with Crippen molar-refractivity contribution >= 4 is 0 Å². The third-order valence-electron chi connectivity index (χ3n) is 2.15. The highest BCUT2D eigenvalue weighted by atomic mass is 14.6. The van der Waals surface area contributed by atoms with E-state index in [2.05, 4.69) is 27.7 Å². The average Bonchev–Trinajstić information content (AvgIpc) is 1.87. The molecule has 1 heteroatoms. The van der Waals surface area contributed by atoms with Crippen LogP contribution in [0, 0.1) is 11.3 Å². The SMILES string of the molecule is CCC(C)CC(C)(C)CN. The number of hydrogen-bond donors (Lipinski definition) is 1. The van der Waals surface area contributed by atoms with Gasteiger partial charge in [0.2, 0.25) is 0 Å². The van der Waals surface area contributed by atoms with E-state index in [9.17, 15) is 0 Å². The van der Waals surface area contributed by atoms with Crippen molar-refractivity contribution in [3.05, 3.63) is 0 Å². The second-order valence-corrected chi connectivity index (χ2v) is 4.09. The third-order valence-corrected chi connectivity index (χ3v) is 2.15. The molecule has 1 atom stereocenters. The van der Waals surface area contributed by atoms with Gasteiger partial charge in [0.1, 0.15) is 0 Å². The summed E-state index contributed by atoms with van der Waals surface area (Å²) >= 11 is 0. The lowest BCUT2D eigenvalue weighted by Gasteiger charge is -2.25. The zero-order valence-electron chi connectivity index (χ0n) is 7.78. The molecular weight excluding hydrogens is 122 g/mol. The largest absolute Gasteiger partial charge is 0.330 e. The van der Waals surface area contributed by atoms with Crippen molar-refractivity contribution < 1.29 is 0 Å². The van der Waals surface area contributed by atoms with Crippen LogP contribution >= 0.6 is 0 Å². The molecule has 1 unspecified atom stereocenters. The summed E-state index contributed by atoms with van der Waals surface area (Å²) in [6.45, 7) is 9.80. The van der Waals surface area contributed by atoms with Crippen LogP contribution in [-0.2, 0) is 0 Å². The van der Waals surface area contributed by atoms with Gasteiger partial charge in [-0.2, -0.15) is 0 Å². The normalized spacial score (nSPS) is 15.3. The van der Waals surface area contributed by atoms with Crippen LogP contribution in [0.3, 0.4) is 0 Å². The van der Waals surface area contributed by atoms with Gasteiger partial charge in [0, 0.05) is 0 Å². The molecule has 0 radical (unpaired) electrons. The molecule has 0 aromatic rings. The van der Waals surface area contributed by atoms with E-state index in [1.165, 1.54) is 12.8 Å². The molecule has 0 aliphatic carbocycles. The van der Waals surface area contributed by atoms with E-state index in [4.69, 9.17) is 5.73 Å². The quantitative estimate of drug-likeness (QED) is 0.642. The Morgan fingerprint density at radius 1 is 1.40 bits per heavy atom. The maximum Gasteiger partial charge on any atom is -0.00257 e. The second-order valence-electron chi connectivity index (χ2n) is 4.09. The molecule has 2 N–H and O–H groups in total. The Morgan fingerprint density at radius 2 is 1.90 bits per heavy atom. The molecule has 0 rings (SSSR count). The minimum atomic E-state index is 0.343. The summed E-state index contributed by atoms with van der Waals surface area (Å²) in [6.07, 6.45) is 2.52. The van der Waals surface area contributed by atoms with E-state index in [0.717, 1.165) is 12.5 Å². The fourth-order valence-electron chi connectivity index (χ4n) is 1.17. The van der Waals surface area contributed by atoms with E-state index >= 15 is 0 Å². The number of rotatable bonds is 4. The van der Waals surface area contributed by atoms with Crippen LogP contribution < -0.4 is 5.73 Å². The zero-order valence-corrected chi connectivity index (χ0v) is 7.78. The molecule has 0 heterocycles. The van der Waals surface area contributed by atoms with Gasteiger partial charge in [0.15, 0.2) is 0 Å². The molecule has 0 fully saturated rings. The van der Waals surface area contributed by atoms with Crippen LogP contribution in [0.4, 0.5) is 0 Å². The molecular formula is C9H21N. The maximum atomic E-state index is 5.61. The van der Waals surface area contributed by atoms with Gasteiger partial charge >= 0.3 is 0 Å². The lowest BCUT2D eigenvalue weighted by atomic mass is 9.83. The van der Waals surface area contributed by atoms with Crippen molar-refractivity contribution in [2.24, 2.45) is 17.1 Å². The summed E-state index contributed by atoms with van der Waals surface area (Å²) in [4.78, 5) is 0. The highest BCUT2D eigenvalue weighted by Gasteiger charge is 2.17. The number of hydrogen-bond acceptors (Lipinski definition) is 1. The lowest BCUT2D eigenvalue weighted by Crippen LogP contribution is -2.25. The first-order valence-electron chi connectivity index (χ1n) is 4.22. The topological polar surface area (TPSA) is 26.0 Å². The Bertz CT molecular complexity index is 86.7. The Labute approximate surface area is 65.0 Å². The molecule has 0 aliphatic heterocycles. The third kappa shape index (κ3) is 3.89. The fourth-order valence-corrected chi connectivity index (χ4v) is 1.17. The van der Waals surface area contributed by atoms with Gasteiger partial charge in [-0.1, -0.05) is 34.1 Å². The predicted molar refractivity (Wildman–Crippen MR) is 46.9 cm³/mol. The van der Waals surface area contributed by atoms with Crippen LogP contribution in [0.2, 0.25) is 0 Å². The van der Waals surface area contributed by atoms with E-state index < -0.39 is 0 Å². The first-order valence-corrected chi connectivity index (χ1v) is 4.22. The van der Waals surface area contributed by atoms with Crippen LogP contribution in [0.1, 0.15) is 40.5 Å². The van der Waals surface area contributed by atoms with Crippen molar-refractivity contribution in [2.45, 2.75) is 40.5 Å². The molecule has 0 saturated carbocycles. The van der Waals surface area contributed by atoms with Crippen LogP contribution in [0.15, 0.2) is 0 Å². The van der Waals surface area contributed by atoms with Crippen molar-refractivity contribution in [1.29, 1.82) is 0 Å². The van der Waals surface area contributed by atoms with Gasteiger partial charge in [0.05, 0.1) is 0 Å². The predicted octanol–water partition coefficient (Wildman–Crippen LogP) is 2.41. The summed E-state index contributed by atoms with van der Waals surface area (Å²) in [7, 11) is 0. The minimum absolute atomic E-state index is 0.343. The summed E-state index contributed by atoms with van der Waals surface area (Å²) in [5, 5.41) is 0. The van der Waals surface area contributed by atoms with Crippen LogP contribution in [0.25, 0.3) is 0 Å². The molecule has 62 valence electrons. The van der Waals surface area contributed by atoms with Gasteiger partial charge in [-0.25, -0.2) is 0 Å². The molecule has 0 spiro atoms. The maximum absolute atomic E-state index is 5.61. The highest BCUT2D eigenvalue weighted by Crippen LogP contribution is 2.24. The molecule has 0 aromatic heterocycles. The van der Waals surface area contributed by atoms with Crippen molar-refractivity contribution in [2.75, 3.05) is 6.54 Å². The summed E-state index contributed by atoms with van der Waals surface area (Å²) in [6, 6.07) is 0. The average molecular weight is 143 g/mol. The first kappa shape index (κ1) is 9.96. The van der Waals surface area contributed by atoms with Crippen LogP contribution in [-0.4, -0.2) is 6.54 Å². The van der Waals surface area contributed by atoms with Gasteiger partial charge in [0.25, 0.3) is 0 Å². The Morgan fingerprint density at radius 3 is 2.20 bits per heavy atom. The van der Waals surface area contributed by atoms with Crippen LogP contribution in [0.5, 0.6) is 0 Å². The van der Waals surface area contributed by atoms with E-state index in [1.807, 2.05) is 0 Å². The number of nitrogens with two attached hydrogens (primary N) is 1. The van der Waals surface area contributed by atoms with E-state index in [0.29, 0.717) is 5.41 Å². The monoisotopic (exact) mass is 143 g/mol. The smallest absolute Gasteiger partial charge is 0.00257 e. The molecule has 10 heavy (non-hydrogen) atoms. The Kier molecular flexibility index (Phi) is 3.95. The van der Waals surface area contributed by atoms with E-state index in [1.54, 1.807) is 0 Å². The van der Waals surface area contributed by atoms with E-state index in [-0.39, 0.29) is 0 Å². The highest BCUT2D eigenvalue weighted by molar-refractivity contribution is 4.71. The summed E-state index contributed by atoms with van der Waals surface area (Å²) in [5.74, 6) is 0.818. The fraction of sp³-hybridized carbons (Fsp3) is 1.00. The van der Waals surface area contributed by atoms with Gasteiger partial charge in [-0.15, -0.1) is 0 Å².